The lowest BCUT2D eigenvalue weighted by atomic mass is 9.64. The van der Waals surface area contributed by atoms with Gasteiger partial charge in [0.1, 0.15) is 0 Å². The first-order chi connectivity index (χ1) is 12.6. The van der Waals surface area contributed by atoms with Crippen LogP contribution in [0.3, 0.4) is 0 Å². The fourth-order valence-electron chi connectivity index (χ4n) is 3.98. The predicted molar refractivity (Wildman–Crippen MR) is 108 cm³/mol. The summed E-state index contributed by atoms with van der Waals surface area (Å²) in [6, 6.07) is 6.82. The molecule has 0 spiro atoms. The summed E-state index contributed by atoms with van der Waals surface area (Å²) in [5.41, 5.74) is 4.98. The molecule has 0 fully saturated rings. The molecule has 0 saturated carbocycles. The second kappa shape index (κ2) is 6.99. The molecular formula is C23H29NO3. The van der Waals surface area contributed by atoms with Crippen LogP contribution >= 0.6 is 0 Å². The van der Waals surface area contributed by atoms with Crippen LogP contribution in [0.2, 0.25) is 0 Å². The average Bonchev–Trinajstić information content (AvgIpc) is 3.08. The van der Waals surface area contributed by atoms with Gasteiger partial charge in [0.2, 0.25) is 0 Å². The SMILES string of the molecule is CCOC(=O)c1ccc(NC(=O)C2=CC3=C(C2)C(C)(C)CCC3(C)C)cc1. The minimum absolute atomic E-state index is 0.0696. The third kappa shape index (κ3) is 3.85. The van der Waals surface area contributed by atoms with E-state index in [0.29, 0.717) is 17.9 Å². The highest BCUT2D eigenvalue weighted by atomic mass is 16.5. The maximum atomic E-state index is 12.8. The molecule has 144 valence electrons. The first-order valence-electron chi connectivity index (χ1n) is 9.67. The number of rotatable bonds is 4. The molecule has 0 aromatic heterocycles. The van der Waals surface area contributed by atoms with Crippen LogP contribution in [0.5, 0.6) is 0 Å². The molecule has 1 amide bonds. The molecule has 2 aliphatic rings. The third-order valence-corrected chi connectivity index (χ3v) is 5.88. The number of hydrogen-bond donors (Lipinski definition) is 1. The van der Waals surface area contributed by atoms with E-state index >= 15 is 0 Å². The molecular weight excluding hydrogens is 338 g/mol. The Labute approximate surface area is 161 Å². The fourth-order valence-corrected chi connectivity index (χ4v) is 3.98. The lowest BCUT2D eigenvalue weighted by Crippen LogP contribution is -2.28. The molecule has 0 aliphatic heterocycles. The van der Waals surface area contributed by atoms with Crippen molar-refractivity contribution < 1.29 is 14.3 Å². The summed E-state index contributed by atoms with van der Waals surface area (Å²) in [6.07, 6.45) is 5.10. The van der Waals surface area contributed by atoms with Gasteiger partial charge in [-0.25, -0.2) is 4.79 Å². The summed E-state index contributed by atoms with van der Waals surface area (Å²) in [6.45, 7) is 11.2. The van der Waals surface area contributed by atoms with Crippen LogP contribution in [0.25, 0.3) is 0 Å². The molecule has 1 aromatic carbocycles. The van der Waals surface area contributed by atoms with Gasteiger partial charge in [0.15, 0.2) is 0 Å². The minimum atomic E-state index is -0.352. The van der Waals surface area contributed by atoms with E-state index < -0.39 is 0 Å². The Balaban J connectivity index is 1.72. The van der Waals surface area contributed by atoms with Gasteiger partial charge in [0, 0.05) is 11.3 Å². The van der Waals surface area contributed by atoms with E-state index in [0.717, 1.165) is 24.8 Å². The van der Waals surface area contributed by atoms with Gasteiger partial charge in [-0.15, -0.1) is 0 Å². The minimum Gasteiger partial charge on any atom is -0.462 e. The molecule has 0 radical (unpaired) electrons. The van der Waals surface area contributed by atoms with Crippen molar-refractivity contribution in [2.75, 3.05) is 11.9 Å². The van der Waals surface area contributed by atoms with Crippen LogP contribution in [0.4, 0.5) is 5.69 Å². The molecule has 27 heavy (non-hydrogen) atoms. The van der Waals surface area contributed by atoms with E-state index in [2.05, 4.69) is 39.1 Å². The average molecular weight is 367 g/mol. The molecule has 2 aliphatic carbocycles. The number of hydrogen-bond acceptors (Lipinski definition) is 3. The van der Waals surface area contributed by atoms with Gasteiger partial charge in [-0.3, -0.25) is 4.79 Å². The molecule has 0 heterocycles. The Morgan fingerprint density at radius 1 is 1.04 bits per heavy atom. The highest BCUT2D eigenvalue weighted by Crippen LogP contribution is 2.54. The topological polar surface area (TPSA) is 55.4 Å². The van der Waals surface area contributed by atoms with Crippen LogP contribution in [-0.4, -0.2) is 18.5 Å². The number of ether oxygens (including phenoxy) is 1. The number of carbonyl (C=O) groups excluding carboxylic acids is 2. The zero-order valence-electron chi connectivity index (χ0n) is 16.9. The van der Waals surface area contributed by atoms with Gasteiger partial charge in [-0.05, 0) is 72.9 Å². The first-order valence-corrected chi connectivity index (χ1v) is 9.67. The van der Waals surface area contributed by atoms with Gasteiger partial charge < -0.3 is 10.1 Å². The van der Waals surface area contributed by atoms with Gasteiger partial charge in [0.25, 0.3) is 5.91 Å². The Morgan fingerprint density at radius 3 is 2.26 bits per heavy atom. The quantitative estimate of drug-likeness (QED) is 0.737. The smallest absolute Gasteiger partial charge is 0.338 e. The molecule has 4 nitrogen and oxygen atoms in total. The van der Waals surface area contributed by atoms with Crippen molar-refractivity contribution >= 4 is 17.6 Å². The first kappa shape index (κ1) is 19.4. The largest absolute Gasteiger partial charge is 0.462 e. The van der Waals surface area contributed by atoms with E-state index in [9.17, 15) is 9.59 Å². The summed E-state index contributed by atoms with van der Waals surface area (Å²) in [4.78, 5) is 24.5. The Morgan fingerprint density at radius 2 is 1.67 bits per heavy atom. The van der Waals surface area contributed by atoms with Crippen LogP contribution in [0, 0.1) is 10.8 Å². The number of allylic oxidation sites excluding steroid dienone is 3. The molecule has 4 heteroatoms. The molecule has 1 N–H and O–H groups in total. The normalized spacial score (nSPS) is 20.0. The number of anilines is 1. The second-order valence-electron chi connectivity index (χ2n) is 8.76. The van der Waals surface area contributed by atoms with Crippen molar-refractivity contribution in [2.45, 2.75) is 53.9 Å². The lowest BCUT2D eigenvalue weighted by molar-refractivity contribution is -0.112. The van der Waals surface area contributed by atoms with Crippen molar-refractivity contribution in [3.8, 4) is 0 Å². The van der Waals surface area contributed by atoms with Crippen LogP contribution in [0.15, 0.2) is 47.1 Å². The second-order valence-corrected chi connectivity index (χ2v) is 8.76. The molecule has 1 aromatic rings. The lowest BCUT2D eigenvalue weighted by Gasteiger charge is -2.41. The predicted octanol–water partition coefficient (Wildman–Crippen LogP) is 5.27. The highest BCUT2D eigenvalue weighted by molar-refractivity contribution is 6.05. The molecule has 0 unspecified atom stereocenters. The number of amides is 1. The van der Waals surface area contributed by atoms with Gasteiger partial charge in [0.05, 0.1) is 12.2 Å². The van der Waals surface area contributed by atoms with E-state index in [1.807, 2.05) is 0 Å². The molecule has 3 rings (SSSR count). The molecule has 0 bridgehead atoms. The van der Waals surface area contributed by atoms with E-state index in [1.165, 1.54) is 11.1 Å². The van der Waals surface area contributed by atoms with Gasteiger partial charge >= 0.3 is 5.97 Å². The number of esters is 1. The monoisotopic (exact) mass is 367 g/mol. The van der Waals surface area contributed by atoms with E-state index in [-0.39, 0.29) is 22.7 Å². The zero-order valence-corrected chi connectivity index (χ0v) is 16.9. The van der Waals surface area contributed by atoms with Crippen molar-refractivity contribution in [1.82, 2.24) is 0 Å². The number of carbonyl (C=O) groups is 2. The van der Waals surface area contributed by atoms with Crippen molar-refractivity contribution in [3.63, 3.8) is 0 Å². The maximum absolute atomic E-state index is 12.8. The summed E-state index contributed by atoms with van der Waals surface area (Å²) in [5, 5.41) is 2.96. The van der Waals surface area contributed by atoms with E-state index in [1.54, 1.807) is 31.2 Å². The van der Waals surface area contributed by atoms with Crippen molar-refractivity contribution in [2.24, 2.45) is 10.8 Å². The Bertz CT molecular complexity index is 826. The van der Waals surface area contributed by atoms with E-state index in [4.69, 9.17) is 4.74 Å². The van der Waals surface area contributed by atoms with Crippen molar-refractivity contribution in [3.05, 3.63) is 52.6 Å². The summed E-state index contributed by atoms with van der Waals surface area (Å²) < 4.78 is 4.98. The van der Waals surface area contributed by atoms with Crippen LogP contribution in [0.1, 0.15) is 64.2 Å². The number of nitrogens with one attached hydrogen (secondary N) is 1. The van der Waals surface area contributed by atoms with Crippen LogP contribution < -0.4 is 5.32 Å². The molecule has 0 atom stereocenters. The zero-order chi connectivity index (χ0) is 19.8. The highest BCUT2D eigenvalue weighted by Gasteiger charge is 2.41. The van der Waals surface area contributed by atoms with Gasteiger partial charge in [-0.2, -0.15) is 0 Å². The van der Waals surface area contributed by atoms with Crippen molar-refractivity contribution in [1.29, 1.82) is 0 Å². The fraction of sp³-hybridized carbons (Fsp3) is 0.478. The maximum Gasteiger partial charge on any atom is 0.338 e. The third-order valence-electron chi connectivity index (χ3n) is 5.88. The Kier molecular flexibility index (Phi) is 5.02. The summed E-state index contributed by atoms with van der Waals surface area (Å²) in [7, 11) is 0. The summed E-state index contributed by atoms with van der Waals surface area (Å²) in [5.74, 6) is -0.421. The van der Waals surface area contributed by atoms with Crippen LogP contribution in [-0.2, 0) is 9.53 Å². The standard InChI is InChI=1S/C23H29NO3/c1-6-27-21(26)15-7-9-17(10-8-15)24-20(25)16-13-18-19(14-16)23(4,5)12-11-22(18,2)3/h7-10,13H,6,11-12,14H2,1-5H3,(H,24,25). The Hall–Kier alpha value is -2.36. The molecule has 0 saturated heterocycles. The number of benzene rings is 1. The summed E-state index contributed by atoms with van der Waals surface area (Å²) >= 11 is 0. The van der Waals surface area contributed by atoms with Gasteiger partial charge in [-0.1, -0.05) is 33.3 Å².